The van der Waals surface area contributed by atoms with Crippen molar-refractivity contribution in [3.05, 3.63) is 70.8 Å². The molecule has 0 aliphatic heterocycles. The average Bonchev–Trinajstić information content (AvgIpc) is 2.62. The SMILES string of the molecule is C[C@H]([NH2+]CC(=O)N[C@@H]1CCCc2ccccc21)c1ccc(F)c(F)c1. The van der Waals surface area contributed by atoms with Gasteiger partial charge < -0.3 is 10.6 Å². The molecule has 1 aliphatic rings. The lowest BCUT2D eigenvalue weighted by molar-refractivity contribution is -0.682. The van der Waals surface area contributed by atoms with Crippen molar-refractivity contribution in [1.82, 2.24) is 5.32 Å². The lowest BCUT2D eigenvalue weighted by atomic mass is 9.88. The van der Waals surface area contributed by atoms with E-state index in [9.17, 15) is 13.6 Å². The number of carbonyl (C=O) groups excluding carboxylic acids is 1. The Balaban J connectivity index is 1.56. The van der Waals surface area contributed by atoms with Crippen molar-refractivity contribution >= 4 is 5.91 Å². The molecule has 2 aromatic rings. The molecule has 0 radical (unpaired) electrons. The highest BCUT2D eigenvalue weighted by molar-refractivity contribution is 5.77. The summed E-state index contributed by atoms with van der Waals surface area (Å²) in [5.74, 6) is -1.76. The Bertz CT molecular complexity index is 763. The Morgan fingerprint density at radius 1 is 1.24 bits per heavy atom. The van der Waals surface area contributed by atoms with E-state index >= 15 is 0 Å². The molecule has 2 atom stereocenters. The van der Waals surface area contributed by atoms with Crippen molar-refractivity contribution in [2.45, 2.75) is 38.3 Å². The Hall–Kier alpha value is -2.27. The molecule has 3 rings (SSSR count). The number of carbonyl (C=O) groups is 1. The summed E-state index contributed by atoms with van der Waals surface area (Å²) >= 11 is 0. The Morgan fingerprint density at radius 3 is 2.84 bits per heavy atom. The predicted octanol–water partition coefficient (Wildman–Crippen LogP) is 2.78. The summed E-state index contributed by atoms with van der Waals surface area (Å²) in [7, 11) is 0. The smallest absolute Gasteiger partial charge is 0.275 e. The van der Waals surface area contributed by atoms with Gasteiger partial charge in [-0.15, -0.1) is 0 Å². The zero-order valence-electron chi connectivity index (χ0n) is 14.3. The van der Waals surface area contributed by atoms with E-state index < -0.39 is 11.6 Å². The number of quaternary nitrogens is 1. The third-order valence-corrected chi connectivity index (χ3v) is 4.83. The van der Waals surface area contributed by atoms with Crippen LogP contribution in [0.1, 0.15) is 48.5 Å². The number of benzene rings is 2. The maximum atomic E-state index is 13.3. The number of halogens is 2. The van der Waals surface area contributed by atoms with Crippen LogP contribution in [0.15, 0.2) is 42.5 Å². The second-order valence-corrected chi connectivity index (χ2v) is 6.61. The van der Waals surface area contributed by atoms with Gasteiger partial charge in [-0.2, -0.15) is 0 Å². The number of nitrogens with one attached hydrogen (secondary N) is 1. The fourth-order valence-electron chi connectivity index (χ4n) is 3.37. The first-order valence-electron chi connectivity index (χ1n) is 8.70. The second kappa shape index (κ2) is 7.74. The number of hydrogen-bond acceptors (Lipinski definition) is 1. The van der Waals surface area contributed by atoms with Crippen molar-refractivity contribution in [2.75, 3.05) is 6.54 Å². The molecule has 0 aromatic heterocycles. The highest BCUT2D eigenvalue weighted by Gasteiger charge is 2.22. The molecule has 2 aromatic carbocycles. The van der Waals surface area contributed by atoms with Gasteiger partial charge in [0.2, 0.25) is 0 Å². The minimum absolute atomic E-state index is 0.0452. The second-order valence-electron chi connectivity index (χ2n) is 6.61. The van der Waals surface area contributed by atoms with Crippen molar-refractivity contribution in [1.29, 1.82) is 0 Å². The zero-order valence-corrected chi connectivity index (χ0v) is 14.3. The van der Waals surface area contributed by atoms with Gasteiger partial charge in [0, 0.05) is 5.56 Å². The molecular weight excluding hydrogens is 322 g/mol. The number of hydrogen-bond donors (Lipinski definition) is 2. The van der Waals surface area contributed by atoms with Gasteiger partial charge in [0.1, 0.15) is 6.04 Å². The van der Waals surface area contributed by atoms with E-state index in [2.05, 4.69) is 17.4 Å². The highest BCUT2D eigenvalue weighted by Crippen LogP contribution is 2.29. The maximum Gasteiger partial charge on any atom is 0.275 e. The largest absolute Gasteiger partial charge is 0.344 e. The van der Waals surface area contributed by atoms with Crippen molar-refractivity contribution in [3.63, 3.8) is 0 Å². The molecular formula is C20H23F2N2O+. The molecule has 0 spiro atoms. The Morgan fingerprint density at radius 2 is 2.04 bits per heavy atom. The molecule has 0 saturated carbocycles. The van der Waals surface area contributed by atoms with E-state index in [1.165, 1.54) is 17.2 Å². The summed E-state index contributed by atoms with van der Waals surface area (Å²) in [5, 5.41) is 4.93. The van der Waals surface area contributed by atoms with E-state index in [0.717, 1.165) is 25.3 Å². The van der Waals surface area contributed by atoms with Crippen LogP contribution in [0, 0.1) is 11.6 Å². The van der Waals surface area contributed by atoms with Crippen LogP contribution in [0.3, 0.4) is 0 Å². The fraction of sp³-hybridized carbons (Fsp3) is 0.350. The normalized spacial score (nSPS) is 17.6. The van der Waals surface area contributed by atoms with Gasteiger partial charge in [0.25, 0.3) is 5.91 Å². The molecule has 0 unspecified atom stereocenters. The summed E-state index contributed by atoms with van der Waals surface area (Å²) in [6.45, 7) is 2.12. The first-order chi connectivity index (χ1) is 12.0. The van der Waals surface area contributed by atoms with Gasteiger partial charge in [-0.05, 0) is 55.5 Å². The molecule has 25 heavy (non-hydrogen) atoms. The molecule has 0 fully saturated rings. The molecule has 1 amide bonds. The van der Waals surface area contributed by atoms with E-state index in [0.29, 0.717) is 5.56 Å². The van der Waals surface area contributed by atoms with E-state index in [1.54, 1.807) is 6.07 Å². The summed E-state index contributed by atoms with van der Waals surface area (Å²) in [6, 6.07) is 12.0. The van der Waals surface area contributed by atoms with Gasteiger partial charge in [0.15, 0.2) is 18.2 Å². The third-order valence-electron chi connectivity index (χ3n) is 4.83. The highest BCUT2D eigenvalue weighted by atomic mass is 19.2. The first-order valence-corrected chi connectivity index (χ1v) is 8.70. The number of rotatable bonds is 5. The first kappa shape index (κ1) is 17.5. The van der Waals surface area contributed by atoms with Crippen LogP contribution in [0.4, 0.5) is 8.78 Å². The topological polar surface area (TPSA) is 45.7 Å². The third kappa shape index (κ3) is 4.23. The van der Waals surface area contributed by atoms with Crippen molar-refractivity contribution in [2.24, 2.45) is 0 Å². The van der Waals surface area contributed by atoms with Gasteiger partial charge in [-0.3, -0.25) is 4.79 Å². The van der Waals surface area contributed by atoms with E-state index in [4.69, 9.17) is 0 Å². The minimum atomic E-state index is -0.860. The van der Waals surface area contributed by atoms with Crippen molar-refractivity contribution < 1.29 is 18.9 Å². The summed E-state index contributed by atoms with van der Waals surface area (Å²) < 4.78 is 26.3. The Kier molecular flexibility index (Phi) is 5.43. The summed E-state index contributed by atoms with van der Waals surface area (Å²) in [5.41, 5.74) is 3.17. The molecule has 1 aliphatic carbocycles. The molecule has 3 nitrogen and oxygen atoms in total. The number of nitrogens with two attached hydrogens (primary N) is 1. The number of fused-ring (bicyclic) bond motifs is 1. The average molecular weight is 345 g/mol. The zero-order chi connectivity index (χ0) is 17.8. The van der Waals surface area contributed by atoms with Crippen LogP contribution in [0.5, 0.6) is 0 Å². The van der Waals surface area contributed by atoms with E-state index in [-0.39, 0.29) is 24.5 Å². The van der Waals surface area contributed by atoms with Crippen LogP contribution in [-0.4, -0.2) is 12.5 Å². The van der Waals surface area contributed by atoms with Crippen LogP contribution < -0.4 is 10.6 Å². The monoisotopic (exact) mass is 345 g/mol. The van der Waals surface area contributed by atoms with E-state index in [1.807, 2.05) is 24.4 Å². The quantitative estimate of drug-likeness (QED) is 0.860. The molecule has 0 saturated heterocycles. The fourth-order valence-corrected chi connectivity index (χ4v) is 3.37. The van der Waals surface area contributed by atoms with Gasteiger partial charge in [-0.1, -0.05) is 24.3 Å². The number of aryl methyl sites for hydroxylation is 1. The van der Waals surface area contributed by atoms with Gasteiger partial charge in [0.05, 0.1) is 6.04 Å². The van der Waals surface area contributed by atoms with Crippen LogP contribution in [0.25, 0.3) is 0 Å². The maximum absolute atomic E-state index is 13.3. The molecule has 0 bridgehead atoms. The lowest BCUT2D eigenvalue weighted by Crippen LogP contribution is -2.87. The Labute approximate surface area is 146 Å². The molecule has 0 heterocycles. The minimum Gasteiger partial charge on any atom is -0.344 e. The van der Waals surface area contributed by atoms with Crippen LogP contribution >= 0.6 is 0 Å². The molecule has 3 N–H and O–H groups in total. The van der Waals surface area contributed by atoms with Crippen LogP contribution in [0.2, 0.25) is 0 Å². The lowest BCUT2D eigenvalue weighted by Gasteiger charge is -2.26. The summed E-state index contributed by atoms with van der Waals surface area (Å²) in [4.78, 5) is 12.3. The van der Waals surface area contributed by atoms with Crippen LogP contribution in [-0.2, 0) is 11.2 Å². The number of amides is 1. The molecule has 5 heteroatoms. The van der Waals surface area contributed by atoms with Gasteiger partial charge in [-0.25, -0.2) is 8.78 Å². The van der Waals surface area contributed by atoms with Gasteiger partial charge >= 0.3 is 0 Å². The predicted molar refractivity (Wildman–Crippen MR) is 91.8 cm³/mol. The van der Waals surface area contributed by atoms with Crippen molar-refractivity contribution in [3.8, 4) is 0 Å². The summed E-state index contributed by atoms with van der Waals surface area (Å²) in [6.07, 6.45) is 3.07. The standard InChI is InChI=1S/C20H22F2N2O/c1-13(15-9-10-17(21)18(22)11-15)23-12-20(25)24-19-8-4-6-14-5-2-3-7-16(14)19/h2-3,5,7,9-11,13,19,23H,4,6,8,12H2,1H3,(H,24,25)/p+1/t13-,19+/m0/s1. The molecule has 132 valence electrons.